The van der Waals surface area contributed by atoms with Gasteiger partial charge in [0.2, 0.25) is 5.95 Å². The van der Waals surface area contributed by atoms with Gasteiger partial charge < -0.3 is 31.7 Å². The van der Waals surface area contributed by atoms with E-state index in [9.17, 15) is 19.1 Å². The molecule has 1 fully saturated rings. The third-order valence-corrected chi connectivity index (χ3v) is 5.46. The zero-order chi connectivity index (χ0) is 26.4. The monoisotopic (exact) mass is 499 g/mol. The van der Waals surface area contributed by atoms with Crippen LogP contribution in [0.3, 0.4) is 0 Å². The molecule has 0 radical (unpaired) electrons. The van der Waals surface area contributed by atoms with Gasteiger partial charge in [0.15, 0.2) is 5.82 Å². The third-order valence-electron chi connectivity index (χ3n) is 5.46. The van der Waals surface area contributed by atoms with Gasteiger partial charge in [0.1, 0.15) is 29.4 Å². The molecule has 4 rings (SSSR count). The first kappa shape index (κ1) is 26.2. The normalized spacial score (nSPS) is 14.1. The van der Waals surface area contributed by atoms with Crippen LogP contribution in [0.1, 0.15) is 30.9 Å². The van der Waals surface area contributed by atoms with E-state index in [4.69, 9.17) is 21.7 Å². The number of nitrogens with zero attached hydrogens (tertiary/aromatic N) is 5. The molecule has 1 aliphatic heterocycles. The van der Waals surface area contributed by atoms with Gasteiger partial charge in [0, 0.05) is 29.4 Å². The fraction of sp³-hybridized carbons (Fsp3) is 0.304. The van der Waals surface area contributed by atoms with Crippen LogP contribution in [0.2, 0.25) is 0 Å². The third kappa shape index (κ3) is 6.82. The topological polar surface area (TPSA) is 202 Å². The Hall–Kier alpha value is -4.39. The van der Waals surface area contributed by atoms with Crippen LogP contribution in [0.25, 0.3) is 22.6 Å². The number of pyridine rings is 2. The van der Waals surface area contributed by atoms with Crippen molar-refractivity contribution in [3.05, 3.63) is 42.0 Å². The fourth-order valence-corrected chi connectivity index (χ4v) is 3.72. The summed E-state index contributed by atoms with van der Waals surface area (Å²) in [5.74, 6) is -3.03. The molecule has 12 nitrogen and oxygen atoms in total. The lowest BCUT2D eigenvalue weighted by atomic mass is 9.93. The number of nitrogen functional groups attached to an aromatic ring is 2. The molecule has 0 amide bonds. The molecule has 36 heavy (non-hydrogen) atoms. The highest BCUT2D eigenvalue weighted by Crippen LogP contribution is 2.34. The SMILES string of the molecule is CN1CCC(c2cc(-c3nc(-c4ccnc(N)c4)c(F)cc3O)nc(N)n2)CC1.O=C(O)CC(=O)O. The van der Waals surface area contributed by atoms with Crippen molar-refractivity contribution in [2.45, 2.75) is 25.2 Å². The zero-order valence-corrected chi connectivity index (χ0v) is 19.4. The summed E-state index contributed by atoms with van der Waals surface area (Å²) in [5, 5.41) is 25.8. The molecule has 190 valence electrons. The van der Waals surface area contributed by atoms with E-state index in [-0.39, 0.29) is 34.8 Å². The number of anilines is 2. The minimum Gasteiger partial charge on any atom is -0.505 e. The molecule has 0 atom stereocenters. The van der Waals surface area contributed by atoms with Crippen LogP contribution in [0, 0.1) is 5.82 Å². The van der Waals surface area contributed by atoms with Crippen LogP contribution in [0.4, 0.5) is 16.2 Å². The Bertz CT molecular complexity index is 1250. The van der Waals surface area contributed by atoms with Gasteiger partial charge in [0.05, 0.1) is 5.69 Å². The second-order valence-corrected chi connectivity index (χ2v) is 8.23. The number of hydrogen-bond acceptors (Lipinski definition) is 10. The summed E-state index contributed by atoms with van der Waals surface area (Å²) in [7, 11) is 2.09. The molecule has 0 spiro atoms. The molecule has 0 unspecified atom stereocenters. The minimum absolute atomic E-state index is 0.0462. The summed E-state index contributed by atoms with van der Waals surface area (Å²) < 4.78 is 14.5. The number of carboxylic acid groups (broad SMARTS) is 2. The maximum Gasteiger partial charge on any atom is 0.314 e. The number of aromatic nitrogens is 4. The first-order valence-electron chi connectivity index (χ1n) is 10.9. The number of carbonyl (C=O) groups is 2. The zero-order valence-electron chi connectivity index (χ0n) is 19.4. The van der Waals surface area contributed by atoms with Gasteiger partial charge in [-0.3, -0.25) is 9.59 Å². The molecule has 0 aromatic carbocycles. The van der Waals surface area contributed by atoms with E-state index in [0.717, 1.165) is 37.7 Å². The van der Waals surface area contributed by atoms with Crippen LogP contribution < -0.4 is 11.5 Å². The number of halogens is 1. The number of nitrogens with two attached hydrogens (primary N) is 2. The molecule has 7 N–H and O–H groups in total. The predicted molar refractivity (Wildman–Crippen MR) is 128 cm³/mol. The lowest BCUT2D eigenvalue weighted by Gasteiger charge is -2.28. The summed E-state index contributed by atoms with van der Waals surface area (Å²) in [6, 6.07) is 5.91. The molecule has 0 saturated carbocycles. The summed E-state index contributed by atoms with van der Waals surface area (Å²) >= 11 is 0. The van der Waals surface area contributed by atoms with Crippen molar-refractivity contribution in [3.63, 3.8) is 0 Å². The Morgan fingerprint density at radius 3 is 2.31 bits per heavy atom. The van der Waals surface area contributed by atoms with E-state index in [1.807, 2.05) is 0 Å². The van der Waals surface area contributed by atoms with Crippen molar-refractivity contribution in [1.82, 2.24) is 24.8 Å². The van der Waals surface area contributed by atoms with Gasteiger partial charge >= 0.3 is 11.9 Å². The van der Waals surface area contributed by atoms with Crippen LogP contribution in [-0.2, 0) is 9.59 Å². The quantitative estimate of drug-likeness (QED) is 0.320. The number of likely N-dealkylation sites (tertiary alicyclic amines) is 1. The molecule has 3 aromatic rings. The Morgan fingerprint density at radius 1 is 1.06 bits per heavy atom. The Balaban J connectivity index is 0.000000454. The summed E-state index contributed by atoms with van der Waals surface area (Å²) in [5.41, 5.74) is 13.4. The second-order valence-electron chi connectivity index (χ2n) is 8.23. The molecule has 3 aromatic heterocycles. The molecule has 13 heteroatoms. The van der Waals surface area contributed by atoms with E-state index in [2.05, 4.69) is 31.9 Å². The Labute approximate surface area is 205 Å². The largest absolute Gasteiger partial charge is 0.505 e. The number of hydrogen-bond donors (Lipinski definition) is 5. The van der Waals surface area contributed by atoms with E-state index < -0.39 is 24.2 Å². The Morgan fingerprint density at radius 2 is 1.72 bits per heavy atom. The molecular weight excluding hydrogens is 473 g/mol. The molecular formula is C23H26FN7O5. The van der Waals surface area contributed by atoms with Crippen molar-refractivity contribution >= 4 is 23.7 Å². The van der Waals surface area contributed by atoms with Gasteiger partial charge in [-0.1, -0.05) is 0 Å². The van der Waals surface area contributed by atoms with Gasteiger partial charge in [-0.2, -0.15) is 0 Å². The summed E-state index contributed by atoms with van der Waals surface area (Å²) in [6.45, 7) is 1.94. The van der Waals surface area contributed by atoms with Crippen LogP contribution in [0.15, 0.2) is 30.5 Å². The number of piperidine rings is 1. The van der Waals surface area contributed by atoms with Crippen molar-refractivity contribution in [1.29, 1.82) is 0 Å². The maximum absolute atomic E-state index is 14.5. The minimum atomic E-state index is -1.31. The first-order valence-corrected chi connectivity index (χ1v) is 10.9. The Kier molecular flexibility index (Phi) is 8.27. The first-order chi connectivity index (χ1) is 17.0. The van der Waals surface area contributed by atoms with Crippen molar-refractivity contribution in [2.24, 2.45) is 0 Å². The van der Waals surface area contributed by atoms with E-state index in [0.29, 0.717) is 11.3 Å². The standard InChI is InChI=1S/C20H22FN7O.C3H4O4/c1-28-6-3-11(4-7-28)14-10-15(26-20(23)25-14)19-16(29)9-13(21)18(27-19)12-2-5-24-17(22)8-12;4-2(5)1-3(6)7/h2,5,8-11,29H,3-4,6-7H2,1H3,(H2,22,24)(H2,23,25,26);1H2,(H,4,5)(H,6,7). The number of aliphatic carboxylic acids is 2. The fourth-order valence-electron chi connectivity index (χ4n) is 3.72. The lowest BCUT2D eigenvalue weighted by molar-refractivity contribution is -0.147. The molecule has 1 aliphatic rings. The van der Waals surface area contributed by atoms with Crippen LogP contribution >= 0.6 is 0 Å². The number of rotatable bonds is 5. The molecule has 4 heterocycles. The summed E-state index contributed by atoms with van der Waals surface area (Å²) in [6.07, 6.45) is 2.58. The smallest absolute Gasteiger partial charge is 0.314 e. The van der Waals surface area contributed by atoms with E-state index in [1.165, 1.54) is 12.3 Å². The maximum atomic E-state index is 14.5. The lowest BCUT2D eigenvalue weighted by Crippen LogP contribution is -2.29. The van der Waals surface area contributed by atoms with Gasteiger partial charge in [0.25, 0.3) is 0 Å². The van der Waals surface area contributed by atoms with Crippen molar-refractivity contribution in [2.75, 3.05) is 31.6 Å². The highest BCUT2D eigenvalue weighted by Gasteiger charge is 2.23. The average Bonchev–Trinajstić information content (AvgIpc) is 2.78. The van der Waals surface area contributed by atoms with Crippen LogP contribution in [-0.4, -0.2) is 72.2 Å². The van der Waals surface area contributed by atoms with Crippen LogP contribution in [0.5, 0.6) is 5.75 Å². The molecule has 0 aliphatic carbocycles. The molecule has 1 saturated heterocycles. The summed E-state index contributed by atoms with van der Waals surface area (Å²) in [4.78, 5) is 38.0. The molecule has 0 bridgehead atoms. The van der Waals surface area contributed by atoms with Gasteiger partial charge in [-0.05, 0) is 51.2 Å². The van der Waals surface area contributed by atoms with E-state index in [1.54, 1.807) is 12.1 Å². The predicted octanol–water partition coefficient (Wildman–Crippen LogP) is 1.96. The van der Waals surface area contributed by atoms with Gasteiger partial charge in [-0.25, -0.2) is 24.3 Å². The van der Waals surface area contributed by atoms with E-state index >= 15 is 0 Å². The van der Waals surface area contributed by atoms with Gasteiger partial charge in [-0.15, -0.1) is 0 Å². The van der Waals surface area contributed by atoms with Crippen molar-refractivity contribution in [3.8, 4) is 28.4 Å². The highest BCUT2D eigenvalue weighted by molar-refractivity contribution is 5.88. The number of aromatic hydroxyl groups is 1. The second kappa shape index (κ2) is 11.4. The average molecular weight is 500 g/mol. The van der Waals surface area contributed by atoms with Crippen molar-refractivity contribution < 1.29 is 29.3 Å². The highest BCUT2D eigenvalue weighted by atomic mass is 19.1. The number of carboxylic acids is 2.